The molecule has 240 valence electrons. The van der Waals surface area contributed by atoms with Gasteiger partial charge in [0.2, 0.25) is 11.8 Å². The number of rotatable bonds is 19. The van der Waals surface area contributed by atoms with E-state index in [2.05, 4.69) is 19.2 Å². The van der Waals surface area contributed by atoms with Crippen molar-refractivity contribution in [1.82, 2.24) is 5.32 Å². The van der Waals surface area contributed by atoms with E-state index < -0.39 is 23.5 Å². The van der Waals surface area contributed by atoms with Crippen molar-refractivity contribution in [2.45, 2.75) is 97.6 Å². The molecular formula is C33H57N3O6. The second-order valence-electron chi connectivity index (χ2n) is 12.9. The predicted octanol–water partition coefficient (Wildman–Crippen LogP) is 4.22. The van der Waals surface area contributed by atoms with E-state index in [-0.39, 0.29) is 36.6 Å². The summed E-state index contributed by atoms with van der Waals surface area (Å²) < 4.78 is 16.6. The standard InChI is InChI=1S/C33H57N3O6/c1-22(2)25(17-24-11-12-29(41-6)30(18-24)42-16-10-15-40-5)19-27(34)28(37)20-26(23(3)4)31(38)36-21-33(32(35)39)13-8-7-9-14-33/h11-12,18,22-23,25-28,37H,7-10,13-17,19-21,34H2,1-6H3,(H2,35,39)(H,36,38)/t25-,26-,27-,28-/m0/s1. The third-order valence-electron chi connectivity index (χ3n) is 9.06. The number of amides is 2. The third kappa shape index (κ3) is 10.7. The largest absolute Gasteiger partial charge is 0.493 e. The quantitative estimate of drug-likeness (QED) is 0.176. The molecule has 1 aliphatic rings. The molecule has 0 aromatic heterocycles. The summed E-state index contributed by atoms with van der Waals surface area (Å²) in [5.41, 5.74) is 12.8. The van der Waals surface area contributed by atoms with Crippen LogP contribution in [0.1, 0.15) is 84.6 Å². The monoisotopic (exact) mass is 591 g/mol. The van der Waals surface area contributed by atoms with Gasteiger partial charge in [-0.2, -0.15) is 0 Å². The molecular weight excluding hydrogens is 534 g/mol. The Bertz CT molecular complexity index is 963. The zero-order chi connectivity index (χ0) is 31.3. The number of aliphatic hydroxyl groups is 1. The maximum absolute atomic E-state index is 13.3. The van der Waals surface area contributed by atoms with Gasteiger partial charge in [-0.3, -0.25) is 9.59 Å². The van der Waals surface area contributed by atoms with Crippen LogP contribution in [0.4, 0.5) is 0 Å². The van der Waals surface area contributed by atoms with Crippen molar-refractivity contribution in [1.29, 1.82) is 0 Å². The Morgan fingerprint density at radius 1 is 1.00 bits per heavy atom. The van der Waals surface area contributed by atoms with E-state index in [4.69, 9.17) is 25.7 Å². The fourth-order valence-electron chi connectivity index (χ4n) is 5.99. The van der Waals surface area contributed by atoms with Crippen molar-refractivity contribution in [3.05, 3.63) is 23.8 Å². The first kappa shape index (κ1) is 35.8. The molecule has 0 bridgehead atoms. The lowest BCUT2D eigenvalue weighted by Crippen LogP contribution is -2.49. The number of nitrogens with two attached hydrogens (primary N) is 2. The van der Waals surface area contributed by atoms with Crippen LogP contribution in [0.15, 0.2) is 18.2 Å². The summed E-state index contributed by atoms with van der Waals surface area (Å²) in [6.07, 6.45) is 5.98. The van der Waals surface area contributed by atoms with Crippen molar-refractivity contribution in [3.8, 4) is 11.5 Å². The van der Waals surface area contributed by atoms with Gasteiger partial charge in [-0.15, -0.1) is 0 Å². The smallest absolute Gasteiger partial charge is 0.225 e. The minimum absolute atomic E-state index is 0.00485. The molecule has 0 spiro atoms. The normalized spacial score (nSPS) is 17.9. The average molecular weight is 592 g/mol. The summed E-state index contributed by atoms with van der Waals surface area (Å²) in [6.45, 7) is 9.70. The maximum atomic E-state index is 13.3. The Kier molecular flexibility index (Phi) is 15.1. The number of ether oxygens (including phenoxy) is 3. The van der Waals surface area contributed by atoms with Crippen molar-refractivity contribution < 1.29 is 28.9 Å². The number of aliphatic hydroxyl groups excluding tert-OH is 1. The van der Waals surface area contributed by atoms with E-state index in [0.29, 0.717) is 49.9 Å². The maximum Gasteiger partial charge on any atom is 0.225 e. The van der Waals surface area contributed by atoms with Gasteiger partial charge in [0, 0.05) is 38.6 Å². The first-order valence-corrected chi connectivity index (χ1v) is 15.7. The molecule has 0 aliphatic heterocycles. The fraction of sp³-hybridized carbons (Fsp3) is 0.758. The molecule has 1 aliphatic carbocycles. The van der Waals surface area contributed by atoms with Crippen LogP contribution in [0.2, 0.25) is 0 Å². The van der Waals surface area contributed by atoms with E-state index in [1.807, 2.05) is 32.0 Å². The van der Waals surface area contributed by atoms with E-state index in [1.165, 1.54) is 0 Å². The lowest BCUT2D eigenvalue weighted by Gasteiger charge is -2.35. The van der Waals surface area contributed by atoms with Gasteiger partial charge in [-0.05, 0) is 67.6 Å². The Balaban J connectivity index is 2.02. The van der Waals surface area contributed by atoms with Crippen LogP contribution in [0.3, 0.4) is 0 Å². The predicted molar refractivity (Wildman–Crippen MR) is 166 cm³/mol. The molecule has 6 N–H and O–H groups in total. The van der Waals surface area contributed by atoms with Gasteiger partial charge < -0.3 is 36.1 Å². The zero-order valence-electron chi connectivity index (χ0n) is 26.8. The lowest BCUT2D eigenvalue weighted by molar-refractivity contribution is -0.132. The number of benzene rings is 1. The van der Waals surface area contributed by atoms with E-state index in [1.54, 1.807) is 14.2 Å². The summed E-state index contributed by atoms with van der Waals surface area (Å²) in [4.78, 5) is 25.5. The molecule has 0 heterocycles. The Morgan fingerprint density at radius 3 is 2.26 bits per heavy atom. The minimum Gasteiger partial charge on any atom is -0.493 e. The van der Waals surface area contributed by atoms with Gasteiger partial charge in [0.15, 0.2) is 11.5 Å². The van der Waals surface area contributed by atoms with Gasteiger partial charge >= 0.3 is 0 Å². The SMILES string of the molecule is COCCCOc1cc(C[C@@H](C[C@H](N)[C@@H](O)C[C@H](C(=O)NCC2(C(N)=O)CCCCC2)C(C)C)C(C)C)ccc1OC. The number of hydrogen-bond donors (Lipinski definition) is 4. The van der Waals surface area contributed by atoms with E-state index in [0.717, 1.165) is 37.7 Å². The van der Waals surface area contributed by atoms with Crippen LogP contribution in [0, 0.1) is 29.1 Å². The fourth-order valence-corrected chi connectivity index (χ4v) is 5.99. The topological polar surface area (TPSA) is 146 Å². The number of hydrogen-bond acceptors (Lipinski definition) is 7. The van der Waals surface area contributed by atoms with Crippen LogP contribution < -0.4 is 26.3 Å². The van der Waals surface area contributed by atoms with Crippen LogP contribution in [-0.2, 0) is 20.7 Å². The summed E-state index contributed by atoms with van der Waals surface area (Å²) in [6, 6.07) is 5.51. The molecule has 1 saturated carbocycles. The molecule has 9 nitrogen and oxygen atoms in total. The molecule has 2 rings (SSSR count). The van der Waals surface area contributed by atoms with Crippen LogP contribution in [0.5, 0.6) is 11.5 Å². The second kappa shape index (κ2) is 17.7. The van der Waals surface area contributed by atoms with Crippen LogP contribution >= 0.6 is 0 Å². The molecule has 1 aromatic rings. The molecule has 0 unspecified atom stereocenters. The van der Waals surface area contributed by atoms with Gasteiger partial charge in [0.25, 0.3) is 0 Å². The highest BCUT2D eigenvalue weighted by molar-refractivity contribution is 5.83. The van der Waals surface area contributed by atoms with Crippen LogP contribution in [-0.4, -0.2) is 63.0 Å². The molecule has 0 saturated heterocycles. The first-order valence-electron chi connectivity index (χ1n) is 15.7. The summed E-state index contributed by atoms with van der Waals surface area (Å²) in [5, 5.41) is 14.2. The van der Waals surface area contributed by atoms with Crippen molar-refractivity contribution in [2.75, 3.05) is 34.0 Å². The minimum atomic E-state index is -0.834. The van der Waals surface area contributed by atoms with Gasteiger partial charge in [-0.25, -0.2) is 0 Å². The molecule has 1 aromatic carbocycles. The molecule has 2 amide bonds. The van der Waals surface area contributed by atoms with Gasteiger partial charge in [-0.1, -0.05) is 53.0 Å². The number of methoxy groups -OCH3 is 2. The van der Waals surface area contributed by atoms with E-state index in [9.17, 15) is 14.7 Å². The highest BCUT2D eigenvalue weighted by Crippen LogP contribution is 2.36. The van der Waals surface area contributed by atoms with Crippen LogP contribution in [0.25, 0.3) is 0 Å². The van der Waals surface area contributed by atoms with Crippen molar-refractivity contribution >= 4 is 11.8 Å². The average Bonchev–Trinajstić information content (AvgIpc) is 2.96. The Hall–Kier alpha value is -2.36. The second-order valence-corrected chi connectivity index (χ2v) is 12.9. The Labute approximate surface area is 253 Å². The number of primary amides is 1. The highest BCUT2D eigenvalue weighted by Gasteiger charge is 2.39. The summed E-state index contributed by atoms with van der Waals surface area (Å²) in [7, 11) is 3.30. The number of carbonyl (C=O) groups excluding carboxylic acids is 2. The first-order chi connectivity index (χ1) is 19.9. The van der Waals surface area contributed by atoms with Gasteiger partial charge in [0.05, 0.1) is 25.2 Å². The Morgan fingerprint density at radius 2 is 1.69 bits per heavy atom. The molecule has 0 radical (unpaired) electrons. The summed E-state index contributed by atoms with van der Waals surface area (Å²) >= 11 is 0. The highest BCUT2D eigenvalue weighted by atomic mass is 16.5. The molecule has 4 atom stereocenters. The summed E-state index contributed by atoms with van der Waals surface area (Å²) in [5.74, 6) is 1.04. The van der Waals surface area contributed by atoms with E-state index >= 15 is 0 Å². The van der Waals surface area contributed by atoms with Gasteiger partial charge in [0.1, 0.15) is 0 Å². The zero-order valence-corrected chi connectivity index (χ0v) is 26.8. The van der Waals surface area contributed by atoms with Crippen molar-refractivity contribution in [2.24, 2.45) is 40.6 Å². The lowest BCUT2D eigenvalue weighted by atomic mass is 9.73. The number of carbonyl (C=O) groups is 2. The van der Waals surface area contributed by atoms with Crippen molar-refractivity contribution in [3.63, 3.8) is 0 Å². The molecule has 42 heavy (non-hydrogen) atoms. The molecule has 9 heteroatoms. The number of nitrogens with one attached hydrogen (secondary N) is 1. The third-order valence-corrected chi connectivity index (χ3v) is 9.06. The molecule has 1 fully saturated rings.